The van der Waals surface area contributed by atoms with Crippen LogP contribution in [0.2, 0.25) is 0 Å². The Kier molecular flexibility index (Phi) is 6.96. The Morgan fingerprint density at radius 3 is 1.93 bits per heavy atom. The summed E-state index contributed by atoms with van der Waals surface area (Å²) < 4.78 is 0. The van der Waals surface area contributed by atoms with Gasteiger partial charge in [-0.15, -0.1) is 0 Å². The average Bonchev–Trinajstić information content (AvgIpc) is 2.66. The Labute approximate surface area is 180 Å². The van der Waals surface area contributed by atoms with Gasteiger partial charge in [0, 0.05) is 12.6 Å². The SMILES string of the molecule is CC1(C)C[C@H](NC(=O)Cc2ccccc2)C[C@@](C)(CNC(=O)Cc2ccccc2)C1. The molecule has 1 saturated carbocycles. The van der Waals surface area contributed by atoms with E-state index in [9.17, 15) is 9.59 Å². The maximum atomic E-state index is 12.6. The number of rotatable bonds is 7. The van der Waals surface area contributed by atoms with Gasteiger partial charge < -0.3 is 10.6 Å². The molecular formula is C26H34N2O2. The lowest BCUT2D eigenvalue weighted by atomic mass is 9.62. The van der Waals surface area contributed by atoms with Gasteiger partial charge in [0.2, 0.25) is 11.8 Å². The lowest BCUT2D eigenvalue weighted by Gasteiger charge is -2.47. The second-order valence-electron chi connectivity index (χ2n) is 9.93. The number of carbonyl (C=O) groups excluding carboxylic acids is 2. The first kappa shape index (κ1) is 22.1. The summed E-state index contributed by atoms with van der Waals surface area (Å²) in [4.78, 5) is 25.0. The van der Waals surface area contributed by atoms with Crippen LogP contribution in [0.15, 0.2) is 60.7 Å². The molecule has 4 heteroatoms. The summed E-state index contributed by atoms with van der Waals surface area (Å²) in [7, 11) is 0. The van der Waals surface area contributed by atoms with Crippen LogP contribution in [0.4, 0.5) is 0 Å². The van der Waals surface area contributed by atoms with E-state index in [2.05, 4.69) is 31.4 Å². The zero-order chi connectivity index (χ0) is 21.6. The lowest BCUT2D eigenvalue weighted by molar-refractivity contribution is -0.123. The molecule has 1 aliphatic rings. The Hall–Kier alpha value is -2.62. The van der Waals surface area contributed by atoms with E-state index in [1.54, 1.807) is 0 Å². The Bertz CT molecular complexity index is 848. The molecule has 0 aromatic heterocycles. The maximum Gasteiger partial charge on any atom is 0.224 e. The highest BCUT2D eigenvalue weighted by atomic mass is 16.2. The smallest absolute Gasteiger partial charge is 0.224 e. The molecule has 1 fully saturated rings. The second kappa shape index (κ2) is 9.46. The Morgan fingerprint density at radius 2 is 1.37 bits per heavy atom. The summed E-state index contributed by atoms with van der Waals surface area (Å²) in [6.45, 7) is 7.37. The molecular weight excluding hydrogens is 372 g/mol. The summed E-state index contributed by atoms with van der Waals surface area (Å²) in [5.41, 5.74) is 2.12. The fraction of sp³-hybridized carbons (Fsp3) is 0.462. The van der Waals surface area contributed by atoms with Gasteiger partial charge in [0.25, 0.3) is 0 Å². The molecule has 0 aliphatic heterocycles. The fourth-order valence-corrected chi connectivity index (χ4v) is 5.09. The molecule has 0 bridgehead atoms. The van der Waals surface area contributed by atoms with Crippen LogP contribution in [0, 0.1) is 10.8 Å². The molecule has 3 rings (SSSR count). The molecule has 0 saturated heterocycles. The highest BCUT2D eigenvalue weighted by Gasteiger charge is 2.41. The van der Waals surface area contributed by atoms with E-state index in [1.165, 1.54) is 0 Å². The molecule has 0 spiro atoms. The topological polar surface area (TPSA) is 58.2 Å². The number of amides is 2. The lowest BCUT2D eigenvalue weighted by Crippen LogP contribution is -2.50. The van der Waals surface area contributed by atoms with E-state index in [0.717, 1.165) is 30.4 Å². The van der Waals surface area contributed by atoms with Crippen molar-refractivity contribution in [3.8, 4) is 0 Å². The van der Waals surface area contributed by atoms with Crippen LogP contribution in [0.25, 0.3) is 0 Å². The normalized spacial score (nSPS) is 22.8. The molecule has 160 valence electrons. The minimum atomic E-state index is -0.0429. The summed E-state index contributed by atoms with van der Waals surface area (Å²) in [5, 5.41) is 6.40. The fourth-order valence-electron chi connectivity index (χ4n) is 5.09. The number of nitrogens with one attached hydrogen (secondary N) is 2. The van der Waals surface area contributed by atoms with Gasteiger partial charge in [-0.1, -0.05) is 81.4 Å². The molecule has 2 aromatic rings. The van der Waals surface area contributed by atoms with Gasteiger partial charge in [0.05, 0.1) is 12.8 Å². The first-order valence-electron chi connectivity index (χ1n) is 10.9. The minimum absolute atomic E-state index is 0.0429. The van der Waals surface area contributed by atoms with Crippen molar-refractivity contribution in [1.29, 1.82) is 0 Å². The molecule has 0 heterocycles. The van der Waals surface area contributed by atoms with Crippen LogP contribution in [-0.2, 0) is 22.4 Å². The Morgan fingerprint density at radius 1 is 0.833 bits per heavy atom. The van der Waals surface area contributed by atoms with Crippen molar-refractivity contribution in [1.82, 2.24) is 10.6 Å². The predicted octanol–water partition coefficient (Wildman–Crippen LogP) is 4.29. The van der Waals surface area contributed by atoms with Gasteiger partial charge in [-0.2, -0.15) is 0 Å². The van der Waals surface area contributed by atoms with E-state index in [1.807, 2.05) is 60.7 Å². The summed E-state index contributed by atoms with van der Waals surface area (Å²) in [5.74, 6) is 0.120. The van der Waals surface area contributed by atoms with E-state index >= 15 is 0 Å². The quantitative estimate of drug-likeness (QED) is 0.721. The van der Waals surface area contributed by atoms with E-state index in [4.69, 9.17) is 0 Å². The second-order valence-corrected chi connectivity index (χ2v) is 9.93. The number of carbonyl (C=O) groups is 2. The minimum Gasteiger partial charge on any atom is -0.355 e. The van der Waals surface area contributed by atoms with Gasteiger partial charge in [-0.3, -0.25) is 9.59 Å². The van der Waals surface area contributed by atoms with Crippen LogP contribution in [0.3, 0.4) is 0 Å². The van der Waals surface area contributed by atoms with Crippen LogP contribution in [0.5, 0.6) is 0 Å². The number of benzene rings is 2. The molecule has 2 amide bonds. The van der Waals surface area contributed by atoms with Crippen molar-refractivity contribution in [2.45, 2.75) is 58.9 Å². The third-order valence-electron chi connectivity index (χ3n) is 5.94. The summed E-state index contributed by atoms with van der Waals surface area (Å²) in [6, 6.07) is 19.8. The van der Waals surface area contributed by atoms with Crippen molar-refractivity contribution >= 4 is 11.8 Å². The molecule has 2 atom stereocenters. The molecule has 2 N–H and O–H groups in total. The van der Waals surface area contributed by atoms with Crippen LogP contribution < -0.4 is 10.6 Å². The van der Waals surface area contributed by atoms with Crippen molar-refractivity contribution in [2.24, 2.45) is 10.8 Å². The van der Waals surface area contributed by atoms with Gasteiger partial charge >= 0.3 is 0 Å². The van der Waals surface area contributed by atoms with Gasteiger partial charge in [0.1, 0.15) is 0 Å². The number of hydrogen-bond acceptors (Lipinski definition) is 2. The summed E-state index contributed by atoms with van der Waals surface area (Å²) >= 11 is 0. The van der Waals surface area contributed by atoms with Crippen molar-refractivity contribution in [2.75, 3.05) is 6.54 Å². The third kappa shape index (κ3) is 6.72. The van der Waals surface area contributed by atoms with Crippen molar-refractivity contribution in [3.63, 3.8) is 0 Å². The zero-order valence-electron chi connectivity index (χ0n) is 18.4. The van der Waals surface area contributed by atoms with Crippen molar-refractivity contribution in [3.05, 3.63) is 71.8 Å². The molecule has 4 nitrogen and oxygen atoms in total. The molecule has 1 aliphatic carbocycles. The third-order valence-corrected chi connectivity index (χ3v) is 5.94. The van der Waals surface area contributed by atoms with E-state index < -0.39 is 0 Å². The number of hydrogen-bond donors (Lipinski definition) is 2. The standard InChI is InChI=1S/C26H34N2O2/c1-25(2)16-22(28-24(30)15-21-12-8-5-9-13-21)17-26(3,18-25)19-27-23(29)14-20-10-6-4-7-11-20/h4-13,22H,14-19H2,1-3H3,(H,27,29)(H,28,30)/t22-,26+/m0/s1. The van der Waals surface area contributed by atoms with E-state index in [-0.39, 0.29) is 28.7 Å². The molecule has 30 heavy (non-hydrogen) atoms. The highest BCUT2D eigenvalue weighted by molar-refractivity contribution is 5.79. The van der Waals surface area contributed by atoms with Crippen LogP contribution >= 0.6 is 0 Å². The first-order chi connectivity index (χ1) is 14.2. The maximum absolute atomic E-state index is 12.6. The van der Waals surface area contributed by atoms with Crippen molar-refractivity contribution < 1.29 is 9.59 Å². The molecule has 2 aromatic carbocycles. The van der Waals surface area contributed by atoms with Crippen LogP contribution in [0.1, 0.15) is 51.2 Å². The monoisotopic (exact) mass is 406 g/mol. The highest BCUT2D eigenvalue weighted by Crippen LogP contribution is 2.45. The predicted molar refractivity (Wildman–Crippen MR) is 121 cm³/mol. The van der Waals surface area contributed by atoms with Crippen LogP contribution in [-0.4, -0.2) is 24.4 Å². The zero-order valence-corrected chi connectivity index (χ0v) is 18.4. The Balaban J connectivity index is 1.56. The van der Waals surface area contributed by atoms with Gasteiger partial charge in [0.15, 0.2) is 0 Å². The van der Waals surface area contributed by atoms with Gasteiger partial charge in [-0.05, 0) is 41.2 Å². The molecule has 0 radical (unpaired) electrons. The van der Waals surface area contributed by atoms with Gasteiger partial charge in [-0.25, -0.2) is 0 Å². The largest absolute Gasteiger partial charge is 0.355 e. The molecule has 0 unspecified atom stereocenters. The van der Waals surface area contributed by atoms with E-state index in [0.29, 0.717) is 19.4 Å². The average molecular weight is 407 g/mol. The first-order valence-corrected chi connectivity index (χ1v) is 10.9. The summed E-state index contributed by atoms with van der Waals surface area (Å²) in [6.07, 6.45) is 3.67.